The lowest BCUT2D eigenvalue weighted by Gasteiger charge is -2.19. The largest absolute Gasteiger partial charge is 0.493 e. The summed E-state index contributed by atoms with van der Waals surface area (Å²) in [6.07, 6.45) is 0.890. The van der Waals surface area contributed by atoms with Crippen molar-refractivity contribution >= 4 is 11.6 Å². The van der Waals surface area contributed by atoms with Gasteiger partial charge in [-0.3, -0.25) is 0 Å². The molecule has 112 valence electrons. The second kappa shape index (κ2) is 7.94. The first-order valence-electron chi connectivity index (χ1n) is 7.17. The number of ether oxygens (including phenoxy) is 2. The van der Waals surface area contributed by atoms with Crippen molar-refractivity contribution in [2.75, 3.05) is 13.7 Å². The number of halogens is 1. The topological polar surface area (TPSA) is 18.5 Å². The van der Waals surface area contributed by atoms with Crippen LogP contribution in [0.1, 0.15) is 24.3 Å². The minimum absolute atomic E-state index is 0.00692. The van der Waals surface area contributed by atoms with Crippen molar-refractivity contribution in [1.82, 2.24) is 0 Å². The number of methoxy groups -OCH3 is 1. The van der Waals surface area contributed by atoms with Crippen molar-refractivity contribution < 1.29 is 9.47 Å². The van der Waals surface area contributed by atoms with Crippen LogP contribution in [-0.4, -0.2) is 13.7 Å². The monoisotopic (exact) mass is 304 g/mol. The van der Waals surface area contributed by atoms with Gasteiger partial charge in [-0.05, 0) is 30.0 Å². The maximum absolute atomic E-state index is 6.52. The van der Waals surface area contributed by atoms with Crippen molar-refractivity contribution in [1.29, 1.82) is 0 Å². The Labute approximate surface area is 131 Å². The highest BCUT2D eigenvalue weighted by Gasteiger charge is 2.16. The van der Waals surface area contributed by atoms with Crippen LogP contribution in [0.5, 0.6) is 11.5 Å². The first-order chi connectivity index (χ1) is 10.2. The van der Waals surface area contributed by atoms with Gasteiger partial charge >= 0.3 is 0 Å². The van der Waals surface area contributed by atoms with Gasteiger partial charge in [0.25, 0.3) is 0 Å². The number of rotatable bonds is 7. The van der Waals surface area contributed by atoms with E-state index in [9.17, 15) is 0 Å². The summed E-state index contributed by atoms with van der Waals surface area (Å²) < 4.78 is 11.1. The number of hydrogen-bond donors (Lipinski definition) is 0. The zero-order chi connectivity index (χ0) is 15.1. The Hall–Kier alpha value is -1.67. The minimum atomic E-state index is 0.00692. The van der Waals surface area contributed by atoms with Gasteiger partial charge < -0.3 is 9.47 Å². The average Bonchev–Trinajstić information content (AvgIpc) is 2.55. The van der Waals surface area contributed by atoms with Crippen molar-refractivity contribution in [3.8, 4) is 11.5 Å². The molecule has 0 saturated heterocycles. The molecule has 0 heterocycles. The van der Waals surface area contributed by atoms with Crippen LogP contribution in [0.4, 0.5) is 0 Å². The summed E-state index contributed by atoms with van der Waals surface area (Å²) in [7, 11) is 1.65. The lowest BCUT2D eigenvalue weighted by molar-refractivity contribution is 0.266. The Kier molecular flexibility index (Phi) is 5.94. The van der Waals surface area contributed by atoms with Crippen molar-refractivity contribution in [2.24, 2.45) is 5.92 Å². The van der Waals surface area contributed by atoms with Gasteiger partial charge in [-0.1, -0.05) is 49.4 Å². The normalized spacial score (nSPS) is 13.5. The molecule has 0 aliphatic rings. The molecule has 0 N–H and O–H groups in total. The van der Waals surface area contributed by atoms with E-state index >= 15 is 0 Å². The van der Waals surface area contributed by atoms with E-state index in [0.717, 1.165) is 23.5 Å². The molecule has 0 spiro atoms. The highest BCUT2D eigenvalue weighted by atomic mass is 35.5. The Bertz CT molecular complexity index is 542. The summed E-state index contributed by atoms with van der Waals surface area (Å²) >= 11 is 6.52. The van der Waals surface area contributed by atoms with E-state index in [0.29, 0.717) is 12.5 Å². The third kappa shape index (κ3) is 4.40. The maximum Gasteiger partial charge on any atom is 0.161 e. The van der Waals surface area contributed by atoms with Gasteiger partial charge in [0.1, 0.15) is 0 Å². The zero-order valence-electron chi connectivity index (χ0n) is 12.5. The molecule has 0 fully saturated rings. The molecular weight excluding hydrogens is 284 g/mol. The summed E-state index contributed by atoms with van der Waals surface area (Å²) in [6.45, 7) is 2.77. The maximum atomic E-state index is 6.52. The summed E-state index contributed by atoms with van der Waals surface area (Å²) in [5.41, 5.74) is 1.16. The Morgan fingerprint density at radius 3 is 2.24 bits per heavy atom. The van der Waals surface area contributed by atoms with Crippen LogP contribution in [0.3, 0.4) is 0 Å². The first kappa shape index (κ1) is 15.7. The van der Waals surface area contributed by atoms with E-state index in [2.05, 4.69) is 19.1 Å². The predicted molar refractivity (Wildman–Crippen MR) is 87.3 cm³/mol. The molecule has 0 amide bonds. The lowest BCUT2D eigenvalue weighted by Crippen LogP contribution is -2.09. The van der Waals surface area contributed by atoms with Crippen LogP contribution >= 0.6 is 11.6 Å². The van der Waals surface area contributed by atoms with Crippen LogP contribution in [0.2, 0.25) is 0 Å². The molecule has 0 radical (unpaired) electrons. The molecule has 2 aromatic rings. The van der Waals surface area contributed by atoms with Gasteiger partial charge in [0.05, 0.1) is 19.1 Å². The van der Waals surface area contributed by atoms with Crippen LogP contribution in [0.25, 0.3) is 0 Å². The smallest absolute Gasteiger partial charge is 0.161 e. The average molecular weight is 305 g/mol. The molecule has 2 aromatic carbocycles. The van der Waals surface area contributed by atoms with Crippen LogP contribution in [-0.2, 0) is 0 Å². The van der Waals surface area contributed by atoms with Gasteiger partial charge in [-0.15, -0.1) is 11.6 Å². The van der Waals surface area contributed by atoms with Crippen LogP contribution in [0.15, 0.2) is 54.6 Å². The van der Waals surface area contributed by atoms with E-state index in [1.54, 1.807) is 7.11 Å². The number of hydrogen-bond acceptors (Lipinski definition) is 2. The van der Waals surface area contributed by atoms with E-state index in [1.165, 1.54) is 0 Å². The number of para-hydroxylation sites is 2. The molecule has 2 unspecified atom stereocenters. The quantitative estimate of drug-likeness (QED) is 0.664. The SMILES string of the molecule is COc1ccccc1OCCC(C)C(Cl)c1ccccc1. The van der Waals surface area contributed by atoms with Crippen molar-refractivity contribution in [3.05, 3.63) is 60.2 Å². The van der Waals surface area contributed by atoms with E-state index in [-0.39, 0.29) is 5.38 Å². The predicted octanol–water partition coefficient (Wildman–Crippen LogP) is 5.08. The fraction of sp³-hybridized carbons (Fsp3) is 0.333. The summed E-state index contributed by atoms with van der Waals surface area (Å²) in [4.78, 5) is 0. The van der Waals surface area contributed by atoms with Gasteiger partial charge in [0, 0.05) is 0 Å². The number of benzene rings is 2. The van der Waals surface area contributed by atoms with E-state index in [4.69, 9.17) is 21.1 Å². The molecule has 0 aliphatic carbocycles. The third-order valence-electron chi connectivity index (χ3n) is 3.52. The van der Waals surface area contributed by atoms with Crippen molar-refractivity contribution in [2.45, 2.75) is 18.7 Å². The third-order valence-corrected chi connectivity index (χ3v) is 4.20. The highest BCUT2D eigenvalue weighted by molar-refractivity contribution is 6.20. The Morgan fingerprint density at radius 2 is 1.57 bits per heavy atom. The lowest BCUT2D eigenvalue weighted by atomic mass is 9.98. The van der Waals surface area contributed by atoms with Crippen LogP contribution < -0.4 is 9.47 Å². The molecule has 3 heteroatoms. The Balaban J connectivity index is 1.85. The molecule has 0 aliphatic heterocycles. The van der Waals surface area contributed by atoms with E-state index < -0.39 is 0 Å². The molecule has 21 heavy (non-hydrogen) atoms. The van der Waals surface area contributed by atoms with Gasteiger partial charge in [0.15, 0.2) is 11.5 Å². The fourth-order valence-electron chi connectivity index (χ4n) is 2.20. The van der Waals surface area contributed by atoms with Crippen molar-refractivity contribution in [3.63, 3.8) is 0 Å². The standard InChI is InChI=1S/C18H21ClO2/c1-14(18(19)15-8-4-3-5-9-15)12-13-21-17-11-7-6-10-16(17)20-2/h3-11,14,18H,12-13H2,1-2H3. The van der Waals surface area contributed by atoms with Gasteiger partial charge in [-0.25, -0.2) is 0 Å². The fourth-order valence-corrected chi connectivity index (χ4v) is 2.48. The first-order valence-corrected chi connectivity index (χ1v) is 7.61. The summed E-state index contributed by atoms with van der Waals surface area (Å²) in [5, 5.41) is 0.00692. The molecule has 0 aromatic heterocycles. The Morgan fingerprint density at radius 1 is 0.952 bits per heavy atom. The minimum Gasteiger partial charge on any atom is -0.493 e. The molecular formula is C18H21ClO2. The number of alkyl halides is 1. The molecule has 0 bridgehead atoms. The summed E-state index contributed by atoms with van der Waals surface area (Å²) in [6, 6.07) is 17.8. The molecule has 2 nitrogen and oxygen atoms in total. The zero-order valence-corrected chi connectivity index (χ0v) is 13.2. The van der Waals surface area contributed by atoms with Gasteiger partial charge in [0.2, 0.25) is 0 Å². The van der Waals surface area contributed by atoms with Gasteiger partial charge in [-0.2, -0.15) is 0 Å². The van der Waals surface area contributed by atoms with E-state index in [1.807, 2.05) is 42.5 Å². The summed E-state index contributed by atoms with van der Waals surface area (Å²) in [5.74, 6) is 1.87. The molecule has 0 saturated carbocycles. The second-order valence-electron chi connectivity index (χ2n) is 5.08. The molecule has 2 rings (SSSR count). The highest BCUT2D eigenvalue weighted by Crippen LogP contribution is 2.31. The molecule has 2 atom stereocenters. The second-order valence-corrected chi connectivity index (χ2v) is 5.55. The van der Waals surface area contributed by atoms with Crippen LogP contribution in [0, 0.1) is 5.92 Å².